The van der Waals surface area contributed by atoms with E-state index in [1.54, 1.807) is 69.3 Å². The number of likely N-dealkylation sites (tertiary alicyclic amines) is 1. The quantitative estimate of drug-likeness (QED) is 0.491. The minimum Gasteiger partial charge on any atom is -0.444 e. The molecule has 2 aliphatic rings. The number of carbonyl (C=O) groups excluding carboxylic acids is 2. The highest BCUT2D eigenvalue weighted by atomic mass is 19.4. The Morgan fingerprint density at radius 2 is 1.54 bits per heavy atom. The molecule has 0 aliphatic carbocycles. The molecular weight excluding hydrogens is 537 g/mol. The molecule has 2 aliphatic heterocycles. The lowest BCUT2D eigenvalue weighted by atomic mass is 9.81. The number of benzene rings is 2. The Labute approximate surface area is 237 Å². The van der Waals surface area contributed by atoms with Gasteiger partial charge in [-0.15, -0.1) is 0 Å². The van der Waals surface area contributed by atoms with E-state index in [1.807, 2.05) is 12.1 Å². The lowest BCUT2D eigenvalue weighted by Crippen LogP contribution is -2.56. The van der Waals surface area contributed by atoms with Crippen molar-refractivity contribution >= 4 is 17.8 Å². The van der Waals surface area contributed by atoms with Gasteiger partial charge in [-0.1, -0.05) is 60.7 Å². The Morgan fingerprint density at radius 1 is 1.02 bits per heavy atom. The van der Waals surface area contributed by atoms with Gasteiger partial charge in [0.15, 0.2) is 0 Å². The van der Waals surface area contributed by atoms with Gasteiger partial charge in [0.05, 0.1) is 0 Å². The van der Waals surface area contributed by atoms with Crippen LogP contribution < -0.4 is 11.1 Å². The summed E-state index contributed by atoms with van der Waals surface area (Å²) in [6.07, 6.45) is -7.33. The molecule has 1 unspecified atom stereocenters. The molecule has 4 rings (SSSR count). The predicted molar refractivity (Wildman–Crippen MR) is 148 cm³/mol. The molecule has 0 bridgehead atoms. The number of alkyl halides is 3. The van der Waals surface area contributed by atoms with Crippen molar-refractivity contribution in [3.05, 3.63) is 83.1 Å². The molecule has 0 saturated carbocycles. The highest BCUT2D eigenvalue weighted by Crippen LogP contribution is 2.41. The summed E-state index contributed by atoms with van der Waals surface area (Å²) in [6, 6.07) is 17.2. The van der Waals surface area contributed by atoms with Crippen LogP contribution in [0.5, 0.6) is 0 Å². The Morgan fingerprint density at radius 3 is 2.00 bits per heavy atom. The van der Waals surface area contributed by atoms with E-state index in [-0.39, 0.29) is 37.5 Å². The number of piperidine rings is 2. The molecule has 2 aromatic rings. The zero-order chi connectivity index (χ0) is 29.9. The van der Waals surface area contributed by atoms with E-state index in [0.717, 1.165) is 0 Å². The number of nitrogens with zero attached hydrogens (tertiary/aromatic N) is 2. The van der Waals surface area contributed by atoms with Gasteiger partial charge < -0.3 is 25.8 Å². The molecule has 220 valence electrons. The summed E-state index contributed by atoms with van der Waals surface area (Å²) in [4.78, 5) is 31.3. The number of ether oxygens (including phenoxy) is 1. The van der Waals surface area contributed by atoms with E-state index in [1.165, 1.54) is 4.90 Å². The zero-order valence-electron chi connectivity index (χ0n) is 23.2. The van der Waals surface area contributed by atoms with Crippen LogP contribution in [0.3, 0.4) is 0 Å². The molecule has 0 spiro atoms. The second kappa shape index (κ2) is 11.9. The number of carbonyl (C=O) groups is 2. The summed E-state index contributed by atoms with van der Waals surface area (Å²) in [7, 11) is 0. The van der Waals surface area contributed by atoms with Crippen molar-refractivity contribution in [2.24, 2.45) is 22.6 Å². The van der Waals surface area contributed by atoms with Crippen molar-refractivity contribution in [1.29, 1.82) is 0 Å². The van der Waals surface area contributed by atoms with Gasteiger partial charge in [0.1, 0.15) is 29.5 Å². The number of rotatable bonds is 4. The Kier molecular flexibility index (Phi) is 8.77. The Bertz CT molecular complexity index is 1260. The molecule has 2 saturated heterocycles. The number of allylic oxidation sites excluding steroid dienone is 1. The Balaban J connectivity index is 1.77. The van der Waals surface area contributed by atoms with Crippen LogP contribution in [0.2, 0.25) is 0 Å². The molecule has 0 radical (unpaired) electrons. The van der Waals surface area contributed by atoms with Crippen molar-refractivity contribution in [1.82, 2.24) is 10.2 Å². The van der Waals surface area contributed by atoms with Gasteiger partial charge in [0.25, 0.3) is 5.91 Å². The SMILES string of the molecule is CC(C)(C)OC(=O)N1CCC(C(N)=C2C(=NC(c3ccccc3)c3ccccc3)NC(=O)[C@H](O)C2C(F)(F)F)CC1. The zero-order valence-corrected chi connectivity index (χ0v) is 23.2. The van der Waals surface area contributed by atoms with E-state index < -0.39 is 53.3 Å². The molecular formula is C30H35F3N4O4. The van der Waals surface area contributed by atoms with Gasteiger partial charge in [-0.25, -0.2) is 4.79 Å². The minimum absolute atomic E-state index is 0.117. The molecule has 11 heteroatoms. The van der Waals surface area contributed by atoms with Crippen LogP contribution in [-0.2, 0) is 9.53 Å². The first-order chi connectivity index (χ1) is 19.3. The second-order valence-corrected chi connectivity index (χ2v) is 11.3. The Hall–Kier alpha value is -3.86. The third-order valence-corrected chi connectivity index (χ3v) is 7.13. The van der Waals surface area contributed by atoms with Crippen LogP contribution in [0.15, 0.2) is 76.9 Å². The van der Waals surface area contributed by atoms with E-state index in [4.69, 9.17) is 10.5 Å². The summed E-state index contributed by atoms with van der Waals surface area (Å²) in [6.45, 7) is 5.70. The fourth-order valence-corrected chi connectivity index (χ4v) is 5.14. The minimum atomic E-state index is -4.98. The molecule has 2 fully saturated rings. The van der Waals surface area contributed by atoms with E-state index in [9.17, 15) is 27.9 Å². The lowest BCUT2D eigenvalue weighted by Gasteiger charge is -2.38. The third-order valence-electron chi connectivity index (χ3n) is 7.13. The molecule has 4 N–H and O–H groups in total. The number of aliphatic imine (C=N–C) groups is 1. The van der Waals surface area contributed by atoms with E-state index in [0.29, 0.717) is 11.1 Å². The van der Waals surface area contributed by atoms with Gasteiger partial charge in [0.2, 0.25) is 0 Å². The number of hydrogen-bond donors (Lipinski definition) is 3. The van der Waals surface area contributed by atoms with Crippen LogP contribution in [0.4, 0.5) is 18.0 Å². The van der Waals surface area contributed by atoms with Crippen molar-refractivity contribution < 1.29 is 32.6 Å². The number of aliphatic hydroxyl groups is 1. The van der Waals surface area contributed by atoms with Crippen molar-refractivity contribution in [2.75, 3.05) is 13.1 Å². The summed E-state index contributed by atoms with van der Waals surface area (Å²) < 4.78 is 48.8. The van der Waals surface area contributed by atoms with Crippen molar-refractivity contribution in [3.63, 3.8) is 0 Å². The standard InChI is InChI=1S/C30H35F3N4O4/c1-29(2,3)41-28(40)37-16-14-18(15-17-37)23(34)21-22(30(31,32)33)25(38)27(39)36-26(21)35-24(19-10-6-4-7-11-19)20-12-8-5-9-13-20/h4-13,18,22,24-25,38H,14-17,34H2,1-3H3,(H,35,36,39)/t22?,25-/m1/s1. The largest absolute Gasteiger partial charge is 0.444 e. The van der Waals surface area contributed by atoms with Gasteiger partial charge in [-0.3, -0.25) is 9.79 Å². The van der Waals surface area contributed by atoms with E-state index in [2.05, 4.69) is 10.3 Å². The van der Waals surface area contributed by atoms with Crippen molar-refractivity contribution in [2.45, 2.75) is 57.5 Å². The van der Waals surface area contributed by atoms with Crippen LogP contribution >= 0.6 is 0 Å². The van der Waals surface area contributed by atoms with Crippen LogP contribution in [-0.4, -0.2) is 58.8 Å². The van der Waals surface area contributed by atoms with Crippen LogP contribution in [0.25, 0.3) is 0 Å². The molecule has 8 nitrogen and oxygen atoms in total. The monoisotopic (exact) mass is 572 g/mol. The smallest absolute Gasteiger partial charge is 0.410 e. The van der Waals surface area contributed by atoms with Gasteiger partial charge in [-0.2, -0.15) is 13.2 Å². The molecule has 41 heavy (non-hydrogen) atoms. The topological polar surface area (TPSA) is 117 Å². The van der Waals surface area contributed by atoms with Crippen molar-refractivity contribution in [3.8, 4) is 0 Å². The maximum Gasteiger partial charge on any atom is 0.410 e. The highest BCUT2D eigenvalue weighted by Gasteiger charge is 2.54. The molecule has 2 amide bonds. The number of amidine groups is 1. The van der Waals surface area contributed by atoms with Gasteiger partial charge >= 0.3 is 12.3 Å². The lowest BCUT2D eigenvalue weighted by molar-refractivity contribution is -0.191. The van der Waals surface area contributed by atoms with Gasteiger partial charge in [0, 0.05) is 30.3 Å². The predicted octanol–water partition coefficient (Wildman–Crippen LogP) is 4.70. The van der Waals surface area contributed by atoms with Gasteiger partial charge in [-0.05, 0) is 44.7 Å². The maximum absolute atomic E-state index is 14.5. The summed E-state index contributed by atoms with van der Waals surface area (Å²) >= 11 is 0. The first-order valence-electron chi connectivity index (χ1n) is 13.5. The number of aliphatic hydroxyl groups excluding tert-OH is 1. The molecule has 2 heterocycles. The molecule has 2 atom stereocenters. The van der Waals surface area contributed by atoms with Crippen LogP contribution in [0.1, 0.15) is 50.8 Å². The molecule has 0 aromatic heterocycles. The number of amides is 2. The molecule has 2 aromatic carbocycles. The fourth-order valence-electron chi connectivity index (χ4n) is 5.14. The summed E-state index contributed by atoms with van der Waals surface area (Å²) in [5.41, 5.74) is 6.62. The number of hydrogen-bond acceptors (Lipinski definition) is 6. The third kappa shape index (κ3) is 7.08. The average Bonchev–Trinajstić information content (AvgIpc) is 2.92. The summed E-state index contributed by atoms with van der Waals surface area (Å²) in [5, 5.41) is 12.9. The number of nitrogens with one attached hydrogen (secondary N) is 1. The highest BCUT2D eigenvalue weighted by molar-refractivity contribution is 6.13. The van der Waals surface area contributed by atoms with Crippen LogP contribution in [0, 0.1) is 11.8 Å². The maximum atomic E-state index is 14.5. The number of nitrogens with two attached hydrogens (primary N) is 1. The number of halogens is 3. The normalized spacial score (nSPS) is 23.0. The summed E-state index contributed by atoms with van der Waals surface area (Å²) in [5.74, 6) is -4.64. The second-order valence-electron chi connectivity index (χ2n) is 11.3. The van der Waals surface area contributed by atoms with E-state index >= 15 is 0 Å². The first kappa shape index (κ1) is 30.1. The first-order valence-corrected chi connectivity index (χ1v) is 13.5. The average molecular weight is 573 g/mol. The fraction of sp³-hybridized carbons (Fsp3) is 0.433.